The fraction of sp³-hybridized carbons (Fsp3) is 0.440. The van der Waals surface area contributed by atoms with Crippen molar-refractivity contribution in [2.45, 2.75) is 24.5 Å². The second kappa shape index (κ2) is 9.19. The van der Waals surface area contributed by atoms with Crippen molar-refractivity contribution in [3.63, 3.8) is 0 Å². The number of aromatic hydroxyl groups is 1. The van der Waals surface area contributed by atoms with Crippen molar-refractivity contribution in [3.05, 3.63) is 39.9 Å². The number of aliphatic hydroxyl groups excluding tert-OH is 2. The first-order chi connectivity index (χ1) is 17.6. The van der Waals surface area contributed by atoms with E-state index >= 15 is 0 Å². The molecular weight excluding hydrogens is 503 g/mol. The van der Waals surface area contributed by atoms with Crippen molar-refractivity contribution in [2.24, 2.45) is 17.6 Å². The minimum atomic E-state index is -2.77. The predicted molar refractivity (Wildman–Crippen MR) is 131 cm³/mol. The molecule has 0 aromatic heterocycles. The van der Waals surface area contributed by atoms with Gasteiger partial charge in [-0.2, -0.15) is 0 Å². The van der Waals surface area contributed by atoms with Gasteiger partial charge in [0.15, 0.2) is 23.0 Å². The zero-order valence-electron chi connectivity index (χ0n) is 21.2. The molecule has 13 heteroatoms. The van der Waals surface area contributed by atoms with Gasteiger partial charge in [-0.25, -0.2) is 4.39 Å². The van der Waals surface area contributed by atoms with Crippen molar-refractivity contribution >= 4 is 34.8 Å². The lowest BCUT2D eigenvalue weighted by atomic mass is 9.57. The number of halogens is 1. The molecule has 3 aliphatic carbocycles. The van der Waals surface area contributed by atoms with Crippen molar-refractivity contribution < 1.29 is 44.0 Å². The number of phenols is 1. The Morgan fingerprint density at radius 3 is 2.37 bits per heavy atom. The van der Waals surface area contributed by atoms with Gasteiger partial charge in [0.25, 0.3) is 5.91 Å². The zero-order chi connectivity index (χ0) is 28.4. The number of ketones is 2. The molecule has 12 nitrogen and oxygen atoms in total. The number of carbonyl (C=O) groups excluding carboxylic acids is 4. The Morgan fingerprint density at radius 1 is 1.18 bits per heavy atom. The molecule has 4 atom stereocenters. The van der Waals surface area contributed by atoms with Crippen LogP contribution in [-0.2, 0) is 25.6 Å². The van der Waals surface area contributed by atoms with Crippen LogP contribution in [0.3, 0.4) is 0 Å². The number of aliphatic hydroxyl groups is 3. The summed E-state index contributed by atoms with van der Waals surface area (Å²) >= 11 is 0. The van der Waals surface area contributed by atoms with Gasteiger partial charge in [0.1, 0.15) is 22.8 Å². The number of likely N-dealkylation sites (N-methyl/N-ethyl adjacent to an activating group) is 2. The Morgan fingerprint density at radius 2 is 1.82 bits per heavy atom. The molecule has 0 saturated heterocycles. The summed E-state index contributed by atoms with van der Waals surface area (Å²) in [6.45, 7) is -0.127. The molecule has 0 spiro atoms. The number of nitrogens with one attached hydrogen (secondary N) is 1. The molecule has 38 heavy (non-hydrogen) atoms. The SMILES string of the molecule is CN(C)CC(=O)Nc1c(F)cc2c(c1O)C(O)=C1C(=O)C3(O)C(O)=C(C(N)=O)C(=O)[C@@H](N(C)C)C3CC1C2. The van der Waals surface area contributed by atoms with E-state index in [9.17, 15) is 44.0 Å². The molecule has 3 unspecified atom stereocenters. The van der Waals surface area contributed by atoms with Crippen molar-refractivity contribution in [1.82, 2.24) is 9.80 Å². The third-order valence-corrected chi connectivity index (χ3v) is 7.39. The van der Waals surface area contributed by atoms with Crippen LogP contribution < -0.4 is 11.1 Å². The zero-order valence-corrected chi connectivity index (χ0v) is 21.2. The minimum Gasteiger partial charge on any atom is -0.508 e. The first-order valence-electron chi connectivity index (χ1n) is 11.8. The molecule has 204 valence electrons. The molecule has 7 N–H and O–H groups in total. The van der Waals surface area contributed by atoms with Gasteiger partial charge in [-0.3, -0.25) is 24.1 Å². The Balaban J connectivity index is 1.89. The first-order valence-corrected chi connectivity index (χ1v) is 11.8. The van der Waals surface area contributed by atoms with E-state index in [0.29, 0.717) is 0 Å². The number of carbonyl (C=O) groups is 4. The summed E-state index contributed by atoms with van der Waals surface area (Å²) in [7, 11) is 6.21. The molecule has 4 rings (SSSR count). The van der Waals surface area contributed by atoms with E-state index in [4.69, 9.17) is 5.73 Å². The van der Waals surface area contributed by atoms with Gasteiger partial charge in [0.2, 0.25) is 11.7 Å². The number of amides is 2. The Kier molecular flexibility index (Phi) is 6.58. The van der Waals surface area contributed by atoms with Crippen molar-refractivity contribution in [2.75, 3.05) is 40.1 Å². The van der Waals surface area contributed by atoms with E-state index in [1.165, 1.54) is 23.9 Å². The Bertz CT molecular complexity index is 1350. The number of primary amides is 1. The van der Waals surface area contributed by atoms with E-state index in [1.54, 1.807) is 14.1 Å². The van der Waals surface area contributed by atoms with Gasteiger partial charge >= 0.3 is 0 Å². The number of nitrogens with two attached hydrogens (primary N) is 1. The summed E-state index contributed by atoms with van der Waals surface area (Å²) in [5.41, 5.74) is 0.451. The number of hydrogen-bond acceptors (Lipinski definition) is 10. The van der Waals surface area contributed by atoms with Crippen molar-refractivity contribution in [1.29, 1.82) is 0 Å². The molecule has 0 radical (unpaired) electrons. The summed E-state index contributed by atoms with van der Waals surface area (Å²) in [4.78, 5) is 54.0. The number of hydrogen-bond donors (Lipinski definition) is 6. The fourth-order valence-electron chi connectivity index (χ4n) is 5.85. The molecule has 1 saturated carbocycles. The maximum Gasteiger partial charge on any atom is 0.255 e. The Hall–Kier alpha value is -3.81. The normalized spacial score (nSPS) is 26.9. The summed E-state index contributed by atoms with van der Waals surface area (Å²) in [6.07, 6.45) is -0.180. The van der Waals surface area contributed by atoms with Crippen LogP contribution in [0.1, 0.15) is 17.5 Å². The quantitative estimate of drug-likeness (QED) is 0.215. The number of Topliss-reactive ketones (excluding diaryl/α,β-unsaturated/α-hetero) is 2. The number of benzene rings is 1. The lowest BCUT2D eigenvalue weighted by molar-refractivity contribution is -0.153. The van der Waals surface area contributed by atoms with Crippen LogP contribution in [0.2, 0.25) is 0 Å². The van der Waals surface area contributed by atoms with E-state index < -0.39 is 81.2 Å². The molecule has 0 aliphatic heterocycles. The number of rotatable bonds is 5. The number of anilines is 1. The highest BCUT2D eigenvalue weighted by atomic mass is 19.1. The number of nitrogens with zero attached hydrogens (tertiary/aromatic N) is 2. The smallest absolute Gasteiger partial charge is 0.255 e. The first kappa shape index (κ1) is 27.2. The average molecular weight is 533 g/mol. The standard InChI is InChI=1S/C25H29FN4O8/c1-29(2)8-13(31)28-17-12(26)7-10-5-9-6-11-18(30(3)4)21(34)16(24(27)37)23(36)25(11,38)22(35)15(9)19(32)14(10)20(17)33/h7,9,11,18,32-33,36,38H,5-6,8H2,1-4H3,(H2,27,37)(H,28,31)/t9?,11?,18-,25?/m0/s1. The highest BCUT2D eigenvalue weighted by Crippen LogP contribution is 2.53. The van der Waals surface area contributed by atoms with E-state index in [0.717, 1.165) is 6.07 Å². The summed E-state index contributed by atoms with van der Waals surface area (Å²) in [5.74, 6) is -9.84. The van der Waals surface area contributed by atoms with Gasteiger partial charge < -0.3 is 36.4 Å². The van der Waals surface area contributed by atoms with Crippen LogP contribution in [0.15, 0.2) is 23.0 Å². The van der Waals surface area contributed by atoms with Gasteiger partial charge in [-0.05, 0) is 58.6 Å². The van der Waals surface area contributed by atoms with Gasteiger partial charge in [-0.15, -0.1) is 0 Å². The Labute approximate surface area is 216 Å². The van der Waals surface area contributed by atoms with Crippen LogP contribution >= 0.6 is 0 Å². The molecule has 2 amide bonds. The highest BCUT2D eigenvalue weighted by molar-refractivity contribution is 6.24. The van der Waals surface area contributed by atoms with Gasteiger partial charge in [-0.1, -0.05) is 0 Å². The molecule has 1 aromatic carbocycles. The monoisotopic (exact) mass is 532 g/mol. The average Bonchev–Trinajstić information content (AvgIpc) is 2.78. The third-order valence-electron chi connectivity index (χ3n) is 7.39. The topological polar surface area (TPSA) is 194 Å². The van der Waals surface area contributed by atoms with E-state index in [-0.39, 0.29) is 36.1 Å². The minimum absolute atomic E-state index is 0.0645. The summed E-state index contributed by atoms with van der Waals surface area (Å²) in [5, 5.41) is 46.7. The summed E-state index contributed by atoms with van der Waals surface area (Å²) < 4.78 is 15.0. The maximum absolute atomic E-state index is 15.0. The number of phenolic OH excluding ortho intramolecular Hbond substituents is 1. The second-order valence-electron chi connectivity index (χ2n) is 10.4. The summed E-state index contributed by atoms with van der Waals surface area (Å²) in [6, 6.07) is -0.191. The maximum atomic E-state index is 15.0. The number of fused-ring (bicyclic) bond motifs is 3. The van der Waals surface area contributed by atoms with E-state index in [1.807, 2.05) is 0 Å². The fourth-order valence-corrected chi connectivity index (χ4v) is 5.85. The molecule has 3 aliphatic rings. The van der Waals surface area contributed by atoms with Crippen LogP contribution in [-0.4, -0.2) is 100.0 Å². The largest absolute Gasteiger partial charge is 0.508 e. The molecule has 0 bridgehead atoms. The third kappa shape index (κ3) is 3.85. The highest BCUT2D eigenvalue weighted by Gasteiger charge is 2.64. The van der Waals surface area contributed by atoms with Crippen LogP contribution in [0.5, 0.6) is 5.75 Å². The molecule has 1 fully saturated rings. The van der Waals surface area contributed by atoms with Gasteiger partial charge in [0.05, 0.1) is 18.2 Å². The van der Waals surface area contributed by atoms with Crippen LogP contribution in [0.25, 0.3) is 5.76 Å². The molecule has 0 heterocycles. The van der Waals surface area contributed by atoms with Crippen LogP contribution in [0, 0.1) is 17.7 Å². The molecule has 1 aromatic rings. The lowest BCUT2D eigenvalue weighted by Gasteiger charge is -2.50. The van der Waals surface area contributed by atoms with Crippen LogP contribution in [0.4, 0.5) is 10.1 Å². The lowest BCUT2D eigenvalue weighted by Crippen LogP contribution is -2.65. The molecular formula is C25H29FN4O8. The van der Waals surface area contributed by atoms with E-state index in [2.05, 4.69) is 5.32 Å². The van der Waals surface area contributed by atoms with Gasteiger partial charge in [0, 0.05) is 11.5 Å². The van der Waals surface area contributed by atoms with Crippen molar-refractivity contribution in [3.8, 4) is 5.75 Å². The predicted octanol–water partition coefficient (Wildman–Crippen LogP) is -0.397. The second-order valence-corrected chi connectivity index (χ2v) is 10.4.